The quantitative estimate of drug-likeness (QED) is 0.488. The molecule has 0 saturated heterocycles. The van der Waals surface area contributed by atoms with Gasteiger partial charge in [-0.15, -0.1) is 0 Å². The van der Waals surface area contributed by atoms with Gasteiger partial charge in [0.25, 0.3) is 0 Å². The van der Waals surface area contributed by atoms with E-state index < -0.39 is 0 Å². The lowest BCUT2D eigenvalue weighted by molar-refractivity contribution is -0.115. The number of nitrogens with one attached hydrogen (secondary N) is 1. The number of nitrogens with zero attached hydrogens (tertiary/aromatic N) is 2. The van der Waals surface area contributed by atoms with Crippen molar-refractivity contribution in [2.45, 2.75) is 34.1 Å². The van der Waals surface area contributed by atoms with Gasteiger partial charge in [0.15, 0.2) is 11.5 Å². The standard InChI is InChI=1S/C23H26BrN3O3/c1-5-29-20-12-17(19(24)14-21(20)30-6-2)13-22(28)25-23-15(3)26-27(16(23)4)18-10-8-7-9-11-18/h7-12,14H,5-6,13H2,1-4H3,(H,25,28). The predicted molar refractivity (Wildman–Crippen MR) is 122 cm³/mol. The molecule has 1 N–H and O–H groups in total. The van der Waals surface area contributed by atoms with Crippen LogP contribution in [0.15, 0.2) is 46.9 Å². The highest BCUT2D eigenvalue weighted by Crippen LogP contribution is 2.34. The summed E-state index contributed by atoms with van der Waals surface area (Å²) in [6.07, 6.45) is 0.197. The number of para-hydroxylation sites is 1. The van der Waals surface area contributed by atoms with Gasteiger partial charge in [-0.05, 0) is 57.5 Å². The molecule has 6 nitrogen and oxygen atoms in total. The first kappa shape index (κ1) is 21.9. The molecule has 158 valence electrons. The molecule has 3 aromatic rings. The second-order valence-corrected chi connectivity index (χ2v) is 7.63. The van der Waals surface area contributed by atoms with Gasteiger partial charge in [-0.2, -0.15) is 5.10 Å². The first-order valence-corrected chi connectivity index (χ1v) is 10.7. The maximum atomic E-state index is 12.8. The van der Waals surface area contributed by atoms with Gasteiger partial charge < -0.3 is 14.8 Å². The summed E-state index contributed by atoms with van der Waals surface area (Å²) in [4.78, 5) is 12.8. The van der Waals surface area contributed by atoms with Crippen molar-refractivity contribution in [3.63, 3.8) is 0 Å². The minimum atomic E-state index is -0.124. The van der Waals surface area contributed by atoms with E-state index in [-0.39, 0.29) is 12.3 Å². The molecule has 0 radical (unpaired) electrons. The largest absolute Gasteiger partial charge is 0.490 e. The minimum absolute atomic E-state index is 0.124. The van der Waals surface area contributed by atoms with Crippen LogP contribution in [0.25, 0.3) is 5.69 Å². The molecule has 0 bridgehead atoms. The van der Waals surface area contributed by atoms with Crippen LogP contribution in [0.3, 0.4) is 0 Å². The van der Waals surface area contributed by atoms with Gasteiger partial charge in [0.1, 0.15) is 0 Å². The second kappa shape index (κ2) is 9.80. The third-order valence-electron chi connectivity index (χ3n) is 4.62. The Morgan fingerprint density at radius 2 is 1.70 bits per heavy atom. The van der Waals surface area contributed by atoms with E-state index in [0.29, 0.717) is 24.7 Å². The molecule has 1 aromatic heterocycles. The van der Waals surface area contributed by atoms with Crippen molar-refractivity contribution in [2.24, 2.45) is 0 Å². The summed E-state index contributed by atoms with van der Waals surface area (Å²) in [5, 5.41) is 7.61. The number of carbonyl (C=O) groups excluding carboxylic acids is 1. The van der Waals surface area contributed by atoms with Crippen LogP contribution in [0.2, 0.25) is 0 Å². The van der Waals surface area contributed by atoms with Crippen molar-refractivity contribution in [1.82, 2.24) is 9.78 Å². The zero-order valence-corrected chi connectivity index (χ0v) is 19.2. The highest BCUT2D eigenvalue weighted by atomic mass is 79.9. The van der Waals surface area contributed by atoms with Crippen molar-refractivity contribution in [3.8, 4) is 17.2 Å². The molecular weight excluding hydrogens is 446 g/mol. The molecule has 0 aliphatic heterocycles. The number of ether oxygens (including phenoxy) is 2. The molecular formula is C23H26BrN3O3. The molecule has 2 aromatic carbocycles. The number of amides is 1. The van der Waals surface area contributed by atoms with Crippen LogP contribution in [0.5, 0.6) is 11.5 Å². The summed E-state index contributed by atoms with van der Waals surface area (Å²) in [5.74, 6) is 1.17. The van der Waals surface area contributed by atoms with Crippen LogP contribution in [-0.2, 0) is 11.2 Å². The lowest BCUT2D eigenvalue weighted by Gasteiger charge is -2.14. The molecule has 0 aliphatic rings. The van der Waals surface area contributed by atoms with E-state index in [1.54, 1.807) is 0 Å². The normalized spacial score (nSPS) is 10.7. The van der Waals surface area contributed by atoms with Gasteiger partial charge in [-0.25, -0.2) is 4.68 Å². The first-order chi connectivity index (χ1) is 14.4. The Morgan fingerprint density at radius 1 is 1.07 bits per heavy atom. The Balaban J connectivity index is 1.81. The number of benzene rings is 2. The van der Waals surface area contributed by atoms with E-state index >= 15 is 0 Å². The number of carbonyl (C=O) groups is 1. The number of aryl methyl sites for hydroxylation is 1. The fraction of sp³-hybridized carbons (Fsp3) is 0.304. The van der Waals surface area contributed by atoms with E-state index in [0.717, 1.165) is 32.8 Å². The smallest absolute Gasteiger partial charge is 0.228 e. The fourth-order valence-electron chi connectivity index (χ4n) is 3.25. The van der Waals surface area contributed by atoms with E-state index in [4.69, 9.17) is 9.47 Å². The van der Waals surface area contributed by atoms with Gasteiger partial charge >= 0.3 is 0 Å². The number of hydrogen-bond donors (Lipinski definition) is 1. The second-order valence-electron chi connectivity index (χ2n) is 6.77. The summed E-state index contributed by atoms with van der Waals surface area (Å²) < 4.78 is 14.0. The SMILES string of the molecule is CCOc1cc(Br)c(CC(=O)Nc2c(C)nn(-c3ccccc3)c2C)cc1OCC. The minimum Gasteiger partial charge on any atom is -0.490 e. The molecule has 0 saturated carbocycles. The van der Waals surface area contributed by atoms with E-state index in [1.807, 2.05) is 74.8 Å². The lowest BCUT2D eigenvalue weighted by atomic mass is 10.1. The number of hydrogen-bond acceptors (Lipinski definition) is 4. The van der Waals surface area contributed by atoms with Gasteiger partial charge in [-0.3, -0.25) is 4.79 Å². The molecule has 1 heterocycles. The van der Waals surface area contributed by atoms with Crippen molar-refractivity contribution < 1.29 is 14.3 Å². The first-order valence-electron chi connectivity index (χ1n) is 9.94. The Kier molecular flexibility index (Phi) is 7.15. The van der Waals surface area contributed by atoms with Crippen LogP contribution in [0.1, 0.15) is 30.8 Å². The maximum Gasteiger partial charge on any atom is 0.228 e. The zero-order valence-electron chi connectivity index (χ0n) is 17.7. The van der Waals surface area contributed by atoms with Gasteiger partial charge in [0.2, 0.25) is 5.91 Å². The van der Waals surface area contributed by atoms with E-state index in [2.05, 4.69) is 26.3 Å². The number of halogens is 1. The Labute approximate surface area is 185 Å². The number of rotatable bonds is 8. The highest BCUT2D eigenvalue weighted by Gasteiger charge is 2.18. The van der Waals surface area contributed by atoms with Crippen molar-refractivity contribution in [1.29, 1.82) is 0 Å². The third kappa shape index (κ3) is 4.84. The molecule has 0 unspecified atom stereocenters. The van der Waals surface area contributed by atoms with Gasteiger partial charge in [0, 0.05) is 4.47 Å². The molecule has 0 spiro atoms. The highest BCUT2D eigenvalue weighted by molar-refractivity contribution is 9.10. The molecule has 0 atom stereocenters. The molecule has 0 fully saturated rings. The Bertz CT molecular complexity index is 1030. The van der Waals surface area contributed by atoms with E-state index in [9.17, 15) is 4.79 Å². The molecule has 1 amide bonds. The van der Waals surface area contributed by atoms with Crippen LogP contribution in [-0.4, -0.2) is 28.9 Å². The molecule has 0 aliphatic carbocycles. The molecule has 3 rings (SSSR count). The van der Waals surface area contributed by atoms with Crippen LogP contribution in [0.4, 0.5) is 5.69 Å². The summed E-state index contributed by atoms with van der Waals surface area (Å²) in [6.45, 7) is 8.73. The maximum absolute atomic E-state index is 12.8. The summed E-state index contributed by atoms with van der Waals surface area (Å²) in [7, 11) is 0. The Hall–Kier alpha value is -2.80. The predicted octanol–water partition coefficient (Wildman–Crippen LogP) is 5.23. The fourth-order valence-corrected chi connectivity index (χ4v) is 3.71. The number of anilines is 1. The Morgan fingerprint density at radius 3 is 2.33 bits per heavy atom. The topological polar surface area (TPSA) is 65.4 Å². The van der Waals surface area contributed by atoms with Crippen LogP contribution >= 0.6 is 15.9 Å². The lowest BCUT2D eigenvalue weighted by Crippen LogP contribution is -2.16. The van der Waals surface area contributed by atoms with Crippen molar-refractivity contribution in [2.75, 3.05) is 18.5 Å². The average molecular weight is 472 g/mol. The van der Waals surface area contributed by atoms with Crippen molar-refractivity contribution in [3.05, 3.63) is 63.9 Å². The van der Waals surface area contributed by atoms with Crippen LogP contribution < -0.4 is 14.8 Å². The van der Waals surface area contributed by atoms with Gasteiger partial charge in [-0.1, -0.05) is 34.1 Å². The van der Waals surface area contributed by atoms with E-state index in [1.165, 1.54) is 0 Å². The third-order valence-corrected chi connectivity index (χ3v) is 5.36. The summed E-state index contributed by atoms with van der Waals surface area (Å²) >= 11 is 3.55. The average Bonchev–Trinajstić information content (AvgIpc) is 3.00. The number of aromatic nitrogens is 2. The summed E-state index contributed by atoms with van der Waals surface area (Å²) in [6, 6.07) is 13.6. The molecule has 30 heavy (non-hydrogen) atoms. The molecule has 7 heteroatoms. The van der Waals surface area contributed by atoms with Gasteiger partial charge in [0.05, 0.1) is 42.4 Å². The summed E-state index contributed by atoms with van der Waals surface area (Å²) in [5.41, 5.74) is 4.16. The monoisotopic (exact) mass is 471 g/mol. The van der Waals surface area contributed by atoms with Crippen molar-refractivity contribution >= 4 is 27.5 Å². The van der Waals surface area contributed by atoms with Crippen LogP contribution in [0, 0.1) is 13.8 Å². The zero-order chi connectivity index (χ0) is 21.7.